The third kappa shape index (κ3) is 4.84. The van der Waals surface area contributed by atoms with Crippen LogP contribution < -0.4 is 0 Å². The van der Waals surface area contributed by atoms with Crippen molar-refractivity contribution < 1.29 is 59.1 Å². The topological polar surface area (TPSA) is 192 Å². The highest BCUT2D eigenvalue weighted by atomic mass is 16.7. The molecule has 0 saturated carbocycles. The van der Waals surface area contributed by atoms with Crippen LogP contribution in [0.1, 0.15) is 18.1 Å². The Morgan fingerprint density at radius 1 is 0.733 bits per heavy atom. The molecule has 12 heteroatoms. The van der Waals surface area contributed by atoms with Crippen molar-refractivity contribution in [2.75, 3.05) is 6.61 Å². The first-order chi connectivity index (χ1) is 14.2. The monoisotopic (exact) mass is 436 g/mol. The second-order valence-electron chi connectivity index (χ2n) is 7.42. The Balaban J connectivity index is 1.56. The molecule has 0 spiro atoms. The fourth-order valence-corrected chi connectivity index (χ4v) is 3.30. The number of hydrogen-bond acceptors (Lipinski definition) is 12. The van der Waals surface area contributed by atoms with Crippen LogP contribution in [-0.4, -0.2) is 104 Å². The molecule has 0 bridgehead atoms. The van der Waals surface area contributed by atoms with Crippen LogP contribution in [0.4, 0.5) is 0 Å². The van der Waals surface area contributed by atoms with Crippen molar-refractivity contribution in [3.8, 4) is 0 Å². The number of aliphatic hydroxyl groups is 7. The van der Waals surface area contributed by atoms with Crippen LogP contribution in [0, 0.1) is 0 Å². The molecule has 2 aliphatic rings. The van der Waals surface area contributed by atoms with Crippen LogP contribution in [0.2, 0.25) is 0 Å². The third-order valence-electron chi connectivity index (χ3n) is 5.30. The molecule has 2 aliphatic heterocycles. The normalized spacial score (nSPS) is 42.4. The number of rotatable bonds is 7. The SMILES string of the molecule is C[C@@H]1O[C@H](OCc2cocc2CO[C@@H]2OC(CO)[C@H](O)[C@H](O)C2O)C(O)C(O)[C@@H]1O. The molecule has 2 saturated heterocycles. The van der Waals surface area contributed by atoms with E-state index in [1.807, 2.05) is 0 Å². The summed E-state index contributed by atoms with van der Waals surface area (Å²) in [6.45, 7) is 0.761. The molecular formula is C18H28O12. The average Bonchev–Trinajstić information content (AvgIpc) is 3.19. The fraction of sp³-hybridized carbons (Fsp3) is 0.778. The lowest BCUT2D eigenvalue weighted by atomic mass is 9.99. The molecule has 10 atom stereocenters. The van der Waals surface area contributed by atoms with E-state index in [1.54, 1.807) is 0 Å². The maximum Gasteiger partial charge on any atom is 0.187 e. The summed E-state index contributed by atoms with van der Waals surface area (Å²) >= 11 is 0. The van der Waals surface area contributed by atoms with E-state index in [9.17, 15) is 35.7 Å². The molecule has 4 unspecified atom stereocenters. The molecule has 3 rings (SSSR count). The van der Waals surface area contributed by atoms with Gasteiger partial charge in [-0.15, -0.1) is 0 Å². The highest BCUT2D eigenvalue weighted by Crippen LogP contribution is 2.25. The zero-order valence-corrected chi connectivity index (χ0v) is 16.2. The lowest BCUT2D eigenvalue weighted by Crippen LogP contribution is -2.59. The van der Waals surface area contributed by atoms with Gasteiger partial charge in [0, 0.05) is 11.1 Å². The number of aliphatic hydroxyl groups excluding tert-OH is 7. The number of ether oxygens (including phenoxy) is 4. The van der Waals surface area contributed by atoms with Crippen molar-refractivity contribution in [1.29, 1.82) is 0 Å². The fourth-order valence-electron chi connectivity index (χ4n) is 3.30. The maximum atomic E-state index is 10.0. The van der Waals surface area contributed by atoms with Crippen molar-refractivity contribution in [2.45, 2.75) is 81.5 Å². The zero-order chi connectivity index (χ0) is 22.0. The summed E-state index contributed by atoms with van der Waals surface area (Å²) in [5.74, 6) is 0. The summed E-state index contributed by atoms with van der Waals surface area (Å²) in [7, 11) is 0. The quantitative estimate of drug-likeness (QED) is 0.229. The van der Waals surface area contributed by atoms with Crippen LogP contribution >= 0.6 is 0 Å². The highest BCUT2D eigenvalue weighted by molar-refractivity contribution is 5.19. The Hall–Kier alpha value is -1.16. The van der Waals surface area contributed by atoms with Gasteiger partial charge in [-0.05, 0) is 6.92 Å². The van der Waals surface area contributed by atoms with Crippen molar-refractivity contribution in [3.63, 3.8) is 0 Å². The largest absolute Gasteiger partial charge is 0.472 e. The Labute approximate surface area is 171 Å². The summed E-state index contributed by atoms with van der Waals surface area (Å²) in [5, 5.41) is 68.4. The van der Waals surface area contributed by atoms with Gasteiger partial charge in [-0.3, -0.25) is 0 Å². The van der Waals surface area contributed by atoms with Crippen LogP contribution in [0.25, 0.3) is 0 Å². The van der Waals surface area contributed by atoms with Crippen molar-refractivity contribution in [3.05, 3.63) is 23.7 Å². The Bertz CT molecular complexity index is 665. The summed E-state index contributed by atoms with van der Waals surface area (Å²) in [5.41, 5.74) is 1.02. The van der Waals surface area contributed by atoms with Gasteiger partial charge in [-0.25, -0.2) is 0 Å². The van der Waals surface area contributed by atoms with Gasteiger partial charge in [-0.1, -0.05) is 0 Å². The first kappa shape index (κ1) is 23.5. The minimum absolute atomic E-state index is 0.0822. The first-order valence-electron chi connectivity index (χ1n) is 9.52. The van der Waals surface area contributed by atoms with E-state index in [-0.39, 0.29) is 13.2 Å². The van der Waals surface area contributed by atoms with Crippen molar-refractivity contribution in [1.82, 2.24) is 0 Å². The minimum Gasteiger partial charge on any atom is -0.472 e. The molecule has 30 heavy (non-hydrogen) atoms. The molecule has 2 fully saturated rings. The molecule has 0 radical (unpaired) electrons. The summed E-state index contributed by atoms with van der Waals surface area (Å²) in [4.78, 5) is 0. The smallest absolute Gasteiger partial charge is 0.187 e. The van der Waals surface area contributed by atoms with Gasteiger partial charge in [0.05, 0.1) is 38.5 Å². The maximum absolute atomic E-state index is 10.0. The summed E-state index contributed by atoms with van der Waals surface area (Å²) in [6, 6.07) is 0. The van der Waals surface area contributed by atoms with Gasteiger partial charge in [0.1, 0.15) is 42.7 Å². The van der Waals surface area contributed by atoms with Gasteiger partial charge in [0.15, 0.2) is 12.6 Å². The highest BCUT2D eigenvalue weighted by Gasteiger charge is 2.44. The Kier molecular flexibility index (Phi) is 7.81. The first-order valence-corrected chi connectivity index (χ1v) is 9.52. The predicted octanol–water partition coefficient (Wildman–Crippen LogP) is -3.06. The van der Waals surface area contributed by atoms with E-state index in [4.69, 9.17) is 23.4 Å². The molecule has 0 aromatic carbocycles. The lowest BCUT2D eigenvalue weighted by Gasteiger charge is -2.39. The molecule has 1 aromatic heterocycles. The zero-order valence-electron chi connectivity index (χ0n) is 16.2. The molecule has 172 valence electrons. The summed E-state index contributed by atoms with van der Waals surface area (Å²) in [6.07, 6.45) is -10.3. The van der Waals surface area contributed by atoms with Gasteiger partial charge in [0.25, 0.3) is 0 Å². The number of hydrogen-bond donors (Lipinski definition) is 7. The van der Waals surface area contributed by atoms with E-state index in [0.717, 1.165) is 0 Å². The van der Waals surface area contributed by atoms with E-state index in [2.05, 4.69) is 0 Å². The van der Waals surface area contributed by atoms with Gasteiger partial charge in [0.2, 0.25) is 0 Å². The van der Waals surface area contributed by atoms with Crippen LogP contribution in [0.5, 0.6) is 0 Å². The second-order valence-corrected chi connectivity index (χ2v) is 7.42. The van der Waals surface area contributed by atoms with Gasteiger partial charge < -0.3 is 59.1 Å². The molecule has 1 aromatic rings. The van der Waals surface area contributed by atoms with Crippen molar-refractivity contribution >= 4 is 0 Å². The predicted molar refractivity (Wildman–Crippen MR) is 94.4 cm³/mol. The Morgan fingerprint density at radius 3 is 1.77 bits per heavy atom. The standard InChI is InChI=1S/C18H28O12/c1-7-11(20)13(22)15(24)17(29-7)27-5-8-3-26-4-9(8)6-28-18-16(25)14(23)12(21)10(2-19)30-18/h3-4,7,10-25H,2,5-6H2,1H3/t7-,10?,11+,12-,13?,14-,15?,16?,17-,18+/m0/s1. The molecule has 3 heterocycles. The van der Waals surface area contributed by atoms with Crippen molar-refractivity contribution in [2.24, 2.45) is 0 Å². The van der Waals surface area contributed by atoms with E-state index >= 15 is 0 Å². The third-order valence-corrected chi connectivity index (χ3v) is 5.30. The number of furan rings is 1. The molecule has 7 N–H and O–H groups in total. The van der Waals surface area contributed by atoms with Crippen LogP contribution in [0.15, 0.2) is 16.9 Å². The van der Waals surface area contributed by atoms with Crippen LogP contribution in [-0.2, 0) is 32.2 Å². The molecular weight excluding hydrogens is 408 g/mol. The molecule has 12 nitrogen and oxygen atoms in total. The van der Waals surface area contributed by atoms with Gasteiger partial charge >= 0.3 is 0 Å². The van der Waals surface area contributed by atoms with Crippen LogP contribution in [0.3, 0.4) is 0 Å². The molecule has 0 amide bonds. The minimum atomic E-state index is -1.55. The second kappa shape index (κ2) is 9.97. The van der Waals surface area contributed by atoms with E-state index < -0.39 is 68.0 Å². The van der Waals surface area contributed by atoms with Gasteiger partial charge in [-0.2, -0.15) is 0 Å². The molecule has 0 aliphatic carbocycles. The lowest BCUT2D eigenvalue weighted by molar-refractivity contribution is -0.304. The Morgan fingerprint density at radius 2 is 1.23 bits per heavy atom. The average molecular weight is 436 g/mol. The summed E-state index contributed by atoms with van der Waals surface area (Å²) < 4.78 is 26.7. The van der Waals surface area contributed by atoms with E-state index in [0.29, 0.717) is 11.1 Å². The van der Waals surface area contributed by atoms with E-state index in [1.165, 1.54) is 19.5 Å².